The Kier molecular flexibility index (Phi) is 1.39. The van der Waals surface area contributed by atoms with Gasteiger partial charge >= 0.3 is 0 Å². The topological polar surface area (TPSA) is 50.4 Å². The number of hydrogen-bond donors (Lipinski definition) is 2. The molecule has 0 aliphatic carbocycles. The molecular formula is C4H6ClN3. The predicted molar refractivity (Wildman–Crippen MR) is 33.6 cm³/mol. The quantitative estimate of drug-likeness (QED) is 0.454. The Labute approximate surface area is 52.2 Å². The number of nitrogens with zero attached hydrogens (tertiary/aromatic N) is 1. The normalized spacial score (nSPS) is 18.6. The molecule has 0 aromatic rings. The van der Waals surface area contributed by atoms with E-state index in [1.807, 2.05) is 0 Å². The van der Waals surface area contributed by atoms with Crippen molar-refractivity contribution < 1.29 is 0 Å². The number of nitrogens with two attached hydrogens (primary N) is 1. The highest BCUT2D eigenvalue weighted by Gasteiger charge is 1.97. The number of nitrogens with one attached hydrogen (secondary N) is 1. The van der Waals surface area contributed by atoms with Gasteiger partial charge in [-0.2, -0.15) is 0 Å². The van der Waals surface area contributed by atoms with Crippen LogP contribution in [0.3, 0.4) is 0 Å². The molecule has 0 spiro atoms. The van der Waals surface area contributed by atoms with Gasteiger partial charge in [0.05, 0.1) is 6.54 Å². The van der Waals surface area contributed by atoms with Crippen molar-refractivity contribution in [1.29, 1.82) is 0 Å². The van der Waals surface area contributed by atoms with Crippen LogP contribution in [-0.4, -0.2) is 12.5 Å². The van der Waals surface area contributed by atoms with Gasteiger partial charge in [-0.3, -0.25) is 0 Å². The summed E-state index contributed by atoms with van der Waals surface area (Å²) >= 11 is 5.50. The second-order valence-electron chi connectivity index (χ2n) is 1.40. The molecule has 1 rings (SSSR count). The highest BCUT2D eigenvalue weighted by atomic mass is 35.5. The van der Waals surface area contributed by atoms with Crippen molar-refractivity contribution in [2.24, 2.45) is 10.7 Å². The molecule has 8 heavy (non-hydrogen) atoms. The van der Waals surface area contributed by atoms with Crippen molar-refractivity contribution in [1.82, 2.24) is 5.32 Å². The Morgan fingerprint density at radius 2 is 2.62 bits per heavy atom. The van der Waals surface area contributed by atoms with E-state index in [-0.39, 0.29) is 0 Å². The first-order chi connectivity index (χ1) is 3.79. The van der Waals surface area contributed by atoms with Gasteiger partial charge < -0.3 is 11.1 Å². The fourth-order valence-corrected chi connectivity index (χ4v) is 0.603. The minimum absolute atomic E-state index is 0.387. The molecule has 1 heterocycles. The average Bonchev–Trinajstić information content (AvgIpc) is 1.64. The lowest BCUT2D eigenvalue weighted by Crippen LogP contribution is -2.31. The molecule has 0 radical (unpaired) electrons. The molecule has 1 aliphatic heterocycles. The monoisotopic (exact) mass is 131 g/mol. The third-order valence-corrected chi connectivity index (χ3v) is 1.03. The Morgan fingerprint density at radius 3 is 3.00 bits per heavy atom. The van der Waals surface area contributed by atoms with Crippen molar-refractivity contribution in [3.8, 4) is 0 Å². The van der Waals surface area contributed by atoms with E-state index >= 15 is 0 Å². The molecule has 0 aromatic heterocycles. The molecule has 0 saturated heterocycles. The van der Waals surface area contributed by atoms with Gasteiger partial charge in [0.25, 0.3) is 0 Å². The zero-order chi connectivity index (χ0) is 5.98. The van der Waals surface area contributed by atoms with Gasteiger partial charge in [0.15, 0.2) is 5.96 Å². The Hall–Kier alpha value is -0.700. The van der Waals surface area contributed by atoms with Crippen molar-refractivity contribution >= 4 is 17.6 Å². The predicted octanol–water partition coefficient (Wildman–Crippen LogP) is -0.0155. The summed E-state index contributed by atoms with van der Waals surface area (Å²) in [7, 11) is 0. The second kappa shape index (κ2) is 2.05. The molecule has 0 fully saturated rings. The number of guanidine groups is 1. The molecule has 44 valence electrons. The molecule has 4 heteroatoms. The summed E-state index contributed by atoms with van der Waals surface area (Å²) < 4.78 is 0. The van der Waals surface area contributed by atoms with Crippen molar-refractivity contribution in [3.05, 3.63) is 11.2 Å². The minimum atomic E-state index is 0.387. The van der Waals surface area contributed by atoms with Crippen LogP contribution in [0.5, 0.6) is 0 Å². The van der Waals surface area contributed by atoms with E-state index in [0.29, 0.717) is 17.7 Å². The molecule has 0 amide bonds. The van der Waals surface area contributed by atoms with Gasteiger partial charge in [-0.25, -0.2) is 4.99 Å². The second-order valence-corrected chi connectivity index (χ2v) is 1.81. The maximum Gasteiger partial charge on any atom is 0.194 e. The van der Waals surface area contributed by atoms with Gasteiger partial charge in [-0.15, -0.1) is 0 Å². The molecule has 0 saturated carbocycles. The summed E-state index contributed by atoms with van der Waals surface area (Å²) in [5.41, 5.74) is 5.24. The average molecular weight is 132 g/mol. The van der Waals surface area contributed by atoms with Gasteiger partial charge in [0, 0.05) is 0 Å². The van der Waals surface area contributed by atoms with E-state index in [4.69, 9.17) is 17.3 Å². The Morgan fingerprint density at radius 1 is 1.88 bits per heavy atom. The van der Waals surface area contributed by atoms with Gasteiger partial charge in [-0.05, 0) is 6.08 Å². The standard InChI is InChI=1S/C4H6ClN3/c5-3-1-2-7-4(6)8-3/h1H,2H2,(H3,6,7,8). The molecule has 0 atom stereocenters. The van der Waals surface area contributed by atoms with Gasteiger partial charge in [-0.1, -0.05) is 11.6 Å². The van der Waals surface area contributed by atoms with E-state index in [1.54, 1.807) is 6.08 Å². The first-order valence-electron chi connectivity index (χ1n) is 2.21. The van der Waals surface area contributed by atoms with Crippen LogP contribution in [0.1, 0.15) is 0 Å². The lowest BCUT2D eigenvalue weighted by Gasteiger charge is -2.06. The summed E-state index contributed by atoms with van der Waals surface area (Å²) in [6.07, 6.45) is 1.75. The molecule has 0 unspecified atom stereocenters. The van der Waals surface area contributed by atoms with Crippen LogP contribution in [0.25, 0.3) is 0 Å². The number of rotatable bonds is 0. The summed E-state index contributed by atoms with van der Waals surface area (Å²) in [6, 6.07) is 0. The fraction of sp³-hybridized carbons (Fsp3) is 0.250. The summed E-state index contributed by atoms with van der Waals surface area (Å²) in [4.78, 5) is 3.80. The van der Waals surface area contributed by atoms with E-state index < -0.39 is 0 Å². The van der Waals surface area contributed by atoms with Gasteiger partial charge in [0.1, 0.15) is 5.16 Å². The van der Waals surface area contributed by atoms with Crippen LogP contribution >= 0.6 is 11.6 Å². The lowest BCUT2D eigenvalue weighted by atomic mass is 10.5. The number of aliphatic imine (C=N–C) groups is 1. The van der Waals surface area contributed by atoms with Crippen LogP contribution in [-0.2, 0) is 0 Å². The first-order valence-corrected chi connectivity index (χ1v) is 2.59. The van der Waals surface area contributed by atoms with Crippen LogP contribution < -0.4 is 11.1 Å². The Balaban J connectivity index is 2.57. The molecule has 3 N–H and O–H groups in total. The number of hydrogen-bond acceptors (Lipinski definition) is 3. The minimum Gasteiger partial charge on any atom is -0.370 e. The van der Waals surface area contributed by atoms with E-state index in [9.17, 15) is 0 Å². The van der Waals surface area contributed by atoms with Crippen molar-refractivity contribution in [2.75, 3.05) is 6.54 Å². The highest BCUT2D eigenvalue weighted by Crippen LogP contribution is 1.97. The lowest BCUT2D eigenvalue weighted by molar-refractivity contribution is 1.06. The van der Waals surface area contributed by atoms with Gasteiger partial charge in [0.2, 0.25) is 0 Å². The van der Waals surface area contributed by atoms with E-state index in [1.165, 1.54) is 0 Å². The fourth-order valence-electron chi connectivity index (χ4n) is 0.437. The third kappa shape index (κ3) is 1.13. The largest absolute Gasteiger partial charge is 0.370 e. The molecule has 0 aromatic carbocycles. The first kappa shape index (κ1) is 5.44. The van der Waals surface area contributed by atoms with Crippen LogP contribution in [0.4, 0.5) is 0 Å². The summed E-state index contributed by atoms with van der Waals surface area (Å²) in [6.45, 7) is 0.581. The summed E-state index contributed by atoms with van der Waals surface area (Å²) in [5, 5.41) is 3.19. The molecule has 1 aliphatic rings. The van der Waals surface area contributed by atoms with E-state index in [2.05, 4.69) is 10.3 Å². The maximum atomic E-state index is 5.50. The molecule has 3 nitrogen and oxygen atoms in total. The molecule has 0 bridgehead atoms. The third-order valence-electron chi connectivity index (χ3n) is 0.780. The van der Waals surface area contributed by atoms with Crippen LogP contribution in [0.15, 0.2) is 16.2 Å². The molecular weight excluding hydrogens is 126 g/mol. The zero-order valence-corrected chi connectivity index (χ0v) is 4.94. The highest BCUT2D eigenvalue weighted by molar-refractivity contribution is 6.30. The maximum absolute atomic E-state index is 5.50. The summed E-state index contributed by atoms with van der Waals surface area (Å²) in [5.74, 6) is 0.387. The van der Waals surface area contributed by atoms with Crippen molar-refractivity contribution in [2.45, 2.75) is 0 Å². The van der Waals surface area contributed by atoms with Crippen molar-refractivity contribution in [3.63, 3.8) is 0 Å². The number of halogens is 1. The van der Waals surface area contributed by atoms with Crippen LogP contribution in [0.2, 0.25) is 0 Å². The zero-order valence-electron chi connectivity index (χ0n) is 4.19. The van der Waals surface area contributed by atoms with Crippen LogP contribution in [0, 0.1) is 0 Å². The SMILES string of the molecule is NC1=NCC=C(Cl)N1. The Bertz CT molecular complexity index is 133. The van der Waals surface area contributed by atoms with E-state index in [0.717, 1.165) is 0 Å². The smallest absolute Gasteiger partial charge is 0.194 e.